The molecule has 1 aromatic heterocycles. The van der Waals surface area contributed by atoms with Gasteiger partial charge in [-0.2, -0.15) is 4.98 Å². The highest BCUT2D eigenvalue weighted by atomic mass is 16.5. The summed E-state index contributed by atoms with van der Waals surface area (Å²) in [7, 11) is 1.68. The van der Waals surface area contributed by atoms with Crippen molar-refractivity contribution in [2.75, 3.05) is 37.0 Å². The molecule has 7 nitrogen and oxygen atoms in total. The number of fused-ring (bicyclic) bond motifs is 1. The summed E-state index contributed by atoms with van der Waals surface area (Å²) < 4.78 is 10.7. The predicted octanol–water partition coefficient (Wildman–Crippen LogP) is 6.94. The van der Waals surface area contributed by atoms with Gasteiger partial charge in [-0.3, -0.25) is 0 Å². The van der Waals surface area contributed by atoms with E-state index in [2.05, 4.69) is 21.3 Å². The van der Waals surface area contributed by atoms with Crippen molar-refractivity contribution in [3.05, 3.63) is 41.1 Å². The summed E-state index contributed by atoms with van der Waals surface area (Å²) in [5.41, 5.74) is 2.54. The third-order valence-electron chi connectivity index (χ3n) is 8.00. The third-order valence-corrected chi connectivity index (χ3v) is 8.00. The van der Waals surface area contributed by atoms with Crippen molar-refractivity contribution in [3.63, 3.8) is 0 Å². The minimum absolute atomic E-state index is 0.312. The van der Waals surface area contributed by atoms with Crippen LogP contribution in [0.1, 0.15) is 99.0 Å². The number of rotatable bonds is 7. The van der Waals surface area contributed by atoms with Gasteiger partial charge in [0.25, 0.3) is 0 Å². The fourth-order valence-corrected chi connectivity index (χ4v) is 5.64. The lowest BCUT2D eigenvalue weighted by atomic mass is 10.1. The predicted molar refractivity (Wildman–Crippen MR) is 153 cm³/mol. The highest BCUT2D eigenvalue weighted by molar-refractivity contribution is 5.94. The molecule has 4 rings (SSSR count). The van der Waals surface area contributed by atoms with Crippen LogP contribution < -0.4 is 15.0 Å². The number of nitrogens with zero attached hydrogens (tertiary/aromatic N) is 3. The number of benzene rings is 1. The number of aromatic nitrogens is 2. The quantitative estimate of drug-likeness (QED) is 0.395. The van der Waals surface area contributed by atoms with Crippen LogP contribution in [0.25, 0.3) is 0 Å². The lowest BCUT2D eigenvalue weighted by molar-refractivity contribution is 0.0526. The molecule has 2 unspecified atom stereocenters. The Balaban J connectivity index is 1.52. The molecule has 0 bridgehead atoms. The number of carbonyl (C=O) groups is 1. The van der Waals surface area contributed by atoms with E-state index in [1.54, 1.807) is 13.3 Å². The fraction of sp³-hybridized carbons (Fsp3) is 0.645. The van der Waals surface area contributed by atoms with Crippen molar-refractivity contribution in [1.82, 2.24) is 9.97 Å². The topological polar surface area (TPSA) is 76.6 Å². The maximum absolute atomic E-state index is 12.7. The normalized spacial score (nSPS) is 21.0. The van der Waals surface area contributed by atoms with Gasteiger partial charge in [-0.25, -0.2) is 9.78 Å². The number of esters is 1. The van der Waals surface area contributed by atoms with Gasteiger partial charge < -0.3 is 19.7 Å². The minimum Gasteiger partial charge on any atom is -0.496 e. The van der Waals surface area contributed by atoms with E-state index in [1.807, 2.05) is 26.0 Å². The molecule has 1 aliphatic heterocycles. The molecule has 208 valence electrons. The number of ether oxygens (including phenoxy) is 2. The van der Waals surface area contributed by atoms with E-state index in [0.717, 1.165) is 48.2 Å². The van der Waals surface area contributed by atoms with Crippen LogP contribution in [0.5, 0.6) is 5.75 Å². The molecule has 38 heavy (non-hydrogen) atoms. The van der Waals surface area contributed by atoms with Gasteiger partial charge in [0.15, 0.2) is 0 Å². The molecule has 2 aromatic rings. The molecule has 0 radical (unpaired) electrons. The van der Waals surface area contributed by atoms with E-state index in [4.69, 9.17) is 14.5 Å². The lowest BCUT2D eigenvalue weighted by Gasteiger charge is -2.24. The van der Waals surface area contributed by atoms with Gasteiger partial charge in [-0.05, 0) is 55.7 Å². The molecule has 1 aromatic carbocycles. The lowest BCUT2D eigenvalue weighted by Crippen LogP contribution is -2.30. The number of hydrogen-bond acceptors (Lipinski definition) is 7. The van der Waals surface area contributed by atoms with Gasteiger partial charge in [-0.15, -0.1) is 0 Å². The van der Waals surface area contributed by atoms with Crippen LogP contribution in [0.2, 0.25) is 0 Å². The van der Waals surface area contributed by atoms with Crippen LogP contribution in [-0.4, -0.2) is 42.7 Å². The zero-order chi connectivity index (χ0) is 26.7. The number of hydrogen-bond donors (Lipinski definition) is 1. The number of aryl methyl sites for hydroxylation is 1. The summed E-state index contributed by atoms with van der Waals surface area (Å²) in [4.78, 5) is 24.7. The van der Waals surface area contributed by atoms with Crippen LogP contribution in [0, 0.1) is 18.8 Å². The van der Waals surface area contributed by atoms with E-state index in [9.17, 15) is 4.79 Å². The minimum atomic E-state index is -0.396. The first kappa shape index (κ1) is 28.2. The Morgan fingerprint density at radius 3 is 2.50 bits per heavy atom. The van der Waals surface area contributed by atoms with Crippen LogP contribution in [0.15, 0.2) is 24.4 Å². The monoisotopic (exact) mass is 522 g/mol. The second-order valence-electron chi connectivity index (χ2n) is 11.0. The number of anilines is 2. The molecule has 0 spiro atoms. The SMILES string of the molecule is CCOC(=O)c1cnc(N2CCCCCCCCCCCC3CC3C2)nc1NCc1ccc(OC)c(C)c1. The van der Waals surface area contributed by atoms with Crippen molar-refractivity contribution >= 4 is 17.7 Å². The average molecular weight is 523 g/mol. The molecular weight excluding hydrogens is 476 g/mol. The first-order valence-corrected chi connectivity index (χ1v) is 14.8. The van der Waals surface area contributed by atoms with E-state index in [1.165, 1.54) is 64.2 Å². The molecule has 2 atom stereocenters. The molecule has 1 aliphatic carbocycles. The van der Waals surface area contributed by atoms with E-state index >= 15 is 0 Å². The molecule has 1 saturated carbocycles. The zero-order valence-electron chi connectivity index (χ0n) is 23.6. The Morgan fingerprint density at radius 2 is 1.79 bits per heavy atom. The molecule has 2 fully saturated rings. The second kappa shape index (κ2) is 14.4. The Kier molecular flexibility index (Phi) is 10.6. The Hall–Kier alpha value is -2.83. The molecule has 7 heteroatoms. The summed E-state index contributed by atoms with van der Waals surface area (Å²) in [5.74, 6) is 3.28. The van der Waals surface area contributed by atoms with Crippen LogP contribution in [0.4, 0.5) is 11.8 Å². The van der Waals surface area contributed by atoms with Gasteiger partial charge >= 0.3 is 5.97 Å². The summed E-state index contributed by atoms with van der Waals surface area (Å²) in [6, 6.07) is 6.09. The highest BCUT2D eigenvalue weighted by Crippen LogP contribution is 2.43. The van der Waals surface area contributed by atoms with Crippen LogP contribution in [-0.2, 0) is 11.3 Å². The Morgan fingerprint density at radius 1 is 1.05 bits per heavy atom. The molecule has 1 N–H and O–H groups in total. The Bertz CT molecular complexity index is 1040. The summed E-state index contributed by atoms with van der Waals surface area (Å²) >= 11 is 0. The van der Waals surface area contributed by atoms with Gasteiger partial charge in [0.2, 0.25) is 5.95 Å². The average Bonchev–Trinajstić information content (AvgIpc) is 3.67. The van der Waals surface area contributed by atoms with E-state index in [-0.39, 0.29) is 0 Å². The van der Waals surface area contributed by atoms with Crippen LogP contribution >= 0.6 is 0 Å². The molecule has 1 saturated heterocycles. The second-order valence-corrected chi connectivity index (χ2v) is 11.0. The largest absolute Gasteiger partial charge is 0.496 e. The molecule has 2 heterocycles. The first-order chi connectivity index (χ1) is 18.6. The third kappa shape index (κ3) is 8.08. The van der Waals surface area contributed by atoms with Crippen molar-refractivity contribution in [2.45, 2.75) is 91.0 Å². The van der Waals surface area contributed by atoms with Gasteiger partial charge in [-0.1, -0.05) is 69.9 Å². The molecule has 0 amide bonds. The standard InChI is InChI=1S/C31H46N4O3/c1-4-38-30(36)27-21-33-31(34-29(27)32-20-24-15-16-28(37-3)23(2)18-24)35-17-13-11-9-7-5-6-8-10-12-14-25-19-26(25)22-35/h15-16,18,21,25-26H,4-14,17,19-20,22H2,1-3H3,(H,32,33,34). The molecular formula is C31H46N4O3. The fourth-order valence-electron chi connectivity index (χ4n) is 5.64. The van der Waals surface area contributed by atoms with Crippen molar-refractivity contribution in [3.8, 4) is 5.75 Å². The maximum Gasteiger partial charge on any atom is 0.343 e. The van der Waals surface area contributed by atoms with Gasteiger partial charge in [0.05, 0.1) is 13.7 Å². The number of carbonyl (C=O) groups excluding carboxylic acids is 1. The smallest absolute Gasteiger partial charge is 0.343 e. The summed E-state index contributed by atoms with van der Waals surface area (Å²) in [6.07, 6.45) is 16.3. The maximum atomic E-state index is 12.7. The highest BCUT2D eigenvalue weighted by Gasteiger charge is 2.38. The Labute approximate surface area is 228 Å². The van der Waals surface area contributed by atoms with E-state index < -0.39 is 5.97 Å². The number of nitrogens with one attached hydrogen (secondary N) is 1. The van der Waals surface area contributed by atoms with Crippen molar-refractivity contribution in [1.29, 1.82) is 0 Å². The molecule has 2 aliphatic rings. The van der Waals surface area contributed by atoms with E-state index in [0.29, 0.717) is 30.5 Å². The first-order valence-electron chi connectivity index (χ1n) is 14.8. The van der Waals surface area contributed by atoms with Crippen molar-refractivity contribution < 1.29 is 14.3 Å². The number of methoxy groups -OCH3 is 1. The van der Waals surface area contributed by atoms with Crippen molar-refractivity contribution in [2.24, 2.45) is 11.8 Å². The summed E-state index contributed by atoms with van der Waals surface area (Å²) in [5, 5.41) is 3.41. The zero-order valence-corrected chi connectivity index (χ0v) is 23.6. The van der Waals surface area contributed by atoms with Gasteiger partial charge in [0, 0.05) is 25.8 Å². The van der Waals surface area contributed by atoms with Gasteiger partial charge in [0.1, 0.15) is 17.1 Å². The summed E-state index contributed by atoms with van der Waals surface area (Å²) in [6.45, 7) is 6.66. The van der Waals surface area contributed by atoms with Crippen LogP contribution in [0.3, 0.4) is 0 Å².